The number of likely N-dealkylation sites (N-methyl/N-ethyl adjacent to an activating group) is 1. The Bertz CT molecular complexity index is 1210. The van der Waals surface area contributed by atoms with E-state index in [1.165, 1.54) is 23.1 Å². The van der Waals surface area contributed by atoms with Crippen LogP contribution < -0.4 is 19.1 Å². The van der Waals surface area contributed by atoms with E-state index in [9.17, 15) is 18.0 Å². The Morgan fingerprint density at radius 1 is 1.09 bits per heavy atom. The first-order chi connectivity index (χ1) is 16.5. The molecule has 1 aliphatic rings. The van der Waals surface area contributed by atoms with Crippen LogP contribution >= 0.6 is 23.2 Å². The van der Waals surface area contributed by atoms with Crippen molar-refractivity contribution in [3.63, 3.8) is 0 Å². The van der Waals surface area contributed by atoms with E-state index in [1.54, 1.807) is 32.0 Å². The van der Waals surface area contributed by atoms with Gasteiger partial charge in [0.15, 0.2) is 11.5 Å². The SMILES string of the molecule is CCNC(=O)[C@H](C)N(Cc1ccc(Cl)cc1Cl)C(=O)CN(c1ccc2c(c1)OCCO2)S(C)(=O)=O. The number of fused-ring (bicyclic) bond motifs is 1. The highest BCUT2D eigenvalue weighted by molar-refractivity contribution is 7.92. The number of amides is 2. The van der Waals surface area contributed by atoms with E-state index in [-0.39, 0.29) is 18.1 Å². The summed E-state index contributed by atoms with van der Waals surface area (Å²) in [6.45, 7) is 3.87. The number of nitrogens with zero attached hydrogens (tertiary/aromatic N) is 2. The van der Waals surface area contributed by atoms with Crippen molar-refractivity contribution < 1.29 is 27.5 Å². The lowest BCUT2D eigenvalue weighted by molar-refractivity contribution is -0.139. The molecule has 1 heterocycles. The van der Waals surface area contributed by atoms with Crippen molar-refractivity contribution in [2.45, 2.75) is 26.4 Å². The van der Waals surface area contributed by atoms with E-state index >= 15 is 0 Å². The number of hydrogen-bond donors (Lipinski definition) is 1. The maximum absolute atomic E-state index is 13.5. The summed E-state index contributed by atoms with van der Waals surface area (Å²) >= 11 is 12.3. The van der Waals surface area contributed by atoms with Gasteiger partial charge in [0, 0.05) is 29.2 Å². The zero-order chi connectivity index (χ0) is 25.8. The van der Waals surface area contributed by atoms with Gasteiger partial charge in [-0.1, -0.05) is 29.3 Å². The third-order valence-corrected chi connectivity index (χ3v) is 7.09. The lowest BCUT2D eigenvalue weighted by atomic mass is 10.1. The second-order valence-electron chi connectivity index (χ2n) is 7.93. The molecule has 1 aliphatic heterocycles. The topological polar surface area (TPSA) is 105 Å². The highest BCUT2D eigenvalue weighted by Crippen LogP contribution is 2.35. The third kappa shape index (κ3) is 6.71. The zero-order valence-electron chi connectivity index (χ0n) is 19.6. The fourth-order valence-corrected chi connectivity index (χ4v) is 4.85. The summed E-state index contributed by atoms with van der Waals surface area (Å²) in [5.74, 6) is -0.0924. The van der Waals surface area contributed by atoms with Crippen LogP contribution in [0.15, 0.2) is 36.4 Å². The van der Waals surface area contributed by atoms with Gasteiger partial charge in [0.2, 0.25) is 21.8 Å². The fraction of sp³-hybridized carbons (Fsp3) is 0.391. The molecule has 0 spiro atoms. The molecule has 35 heavy (non-hydrogen) atoms. The van der Waals surface area contributed by atoms with Crippen molar-refractivity contribution in [2.75, 3.05) is 36.9 Å². The van der Waals surface area contributed by atoms with Crippen LogP contribution in [0, 0.1) is 0 Å². The van der Waals surface area contributed by atoms with Crippen molar-refractivity contribution in [3.05, 3.63) is 52.0 Å². The molecular formula is C23H27Cl2N3O6S. The summed E-state index contributed by atoms with van der Waals surface area (Å²) < 4.78 is 37.4. The van der Waals surface area contributed by atoms with Crippen LogP contribution in [-0.2, 0) is 26.2 Å². The quantitative estimate of drug-likeness (QED) is 0.521. The minimum absolute atomic E-state index is 0.0219. The number of carbonyl (C=O) groups excluding carboxylic acids is 2. The van der Waals surface area contributed by atoms with Crippen molar-refractivity contribution in [1.29, 1.82) is 0 Å². The molecule has 0 saturated heterocycles. The van der Waals surface area contributed by atoms with Crippen LogP contribution in [-0.4, -0.2) is 63.7 Å². The first-order valence-electron chi connectivity index (χ1n) is 10.9. The van der Waals surface area contributed by atoms with E-state index in [4.69, 9.17) is 32.7 Å². The molecule has 0 aromatic heterocycles. The van der Waals surface area contributed by atoms with Gasteiger partial charge in [-0.25, -0.2) is 8.42 Å². The number of hydrogen-bond acceptors (Lipinski definition) is 6. The Labute approximate surface area is 214 Å². The molecule has 0 saturated carbocycles. The predicted octanol–water partition coefficient (Wildman–Crippen LogP) is 3.08. The molecule has 0 unspecified atom stereocenters. The summed E-state index contributed by atoms with van der Waals surface area (Å²) in [4.78, 5) is 27.4. The van der Waals surface area contributed by atoms with Crippen LogP contribution in [0.2, 0.25) is 10.0 Å². The first kappa shape index (κ1) is 26.9. The van der Waals surface area contributed by atoms with Gasteiger partial charge >= 0.3 is 0 Å². The monoisotopic (exact) mass is 543 g/mol. The van der Waals surface area contributed by atoms with Gasteiger partial charge in [-0.15, -0.1) is 0 Å². The van der Waals surface area contributed by atoms with Crippen molar-refractivity contribution in [2.24, 2.45) is 0 Å². The summed E-state index contributed by atoms with van der Waals surface area (Å²) in [6, 6.07) is 8.57. The lowest BCUT2D eigenvalue weighted by Crippen LogP contribution is -2.51. The summed E-state index contributed by atoms with van der Waals surface area (Å²) in [6.07, 6.45) is 1.00. The average Bonchev–Trinajstić information content (AvgIpc) is 2.80. The largest absolute Gasteiger partial charge is 0.486 e. The lowest BCUT2D eigenvalue weighted by Gasteiger charge is -2.32. The maximum atomic E-state index is 13.5. The summed E-state index contributed by atoms with van der Waals surface area (Å²) in [5.41, 5.74) is 0.797. The number of anilines is 1. The van der Waals surface area contributed by atoms with Gasteiger partial charge < -0.3 is 19.7 Å². The molecule has 0 bridgehead atoms. The van der Waals surface area contributed by atoms with Crippen LogP contribution in [0.3, 0.4) is 0 Å². The van der Waals surface area contributed by atoms with Crippen LogP contribution in [0.5, 0.6) is 11.5 Å². The Morgan fingerprint density at radius 3 is 2.40 bits per heavy atom. The number of sulfonamides is 1. The number of nitrogens with one attached hydrogen (secondary N) is 1. The fourth-order valence-electron chi connectivity index (χ4n) is 3.54. The standard InChI is InChI=1S/C23H27Cl2N3O6S/c1-4-26-23(30)15(2)27(13-16-5-6-17(24)11-19(16)25)22(29)14-28(35(3,31)32)18-7-8-20-21(12-18)34-10-9-33-20/h5-8,11-12,15H,4,9-10,13-14H2,1-3H3,(H,26,30)/t15-/m0/s1. The van der Waals surface area contributed by atoms with E-state index in [1.807, 2.05) is 0 Å². The van der Waals surface area contributed by atoms with Crippen molar-refractivity contribution in [3.8, 4) is 11.5 Å². The first-order valence-corrected chi connectivity index (χ1v) is 13.5. The number of halogens is 2. The molecule has 0 aliphatic carbocycles. The van der Waals surface area contributed by atoms with Crippen LogP contribution in [0.4, 0.5) is 5.69 Å². The molecule has 0 fully saturated rings. The molecule has 2 amide bonds. The van der Waals surface area contributed by atoms with Crippen LogP contribution in [0.1, 0.15) is 19.4 Å². The molecule has 1 N–H and O–H groups in total. The molecule has 3 rings (SSSR count). The van der Waals surface area contributed by atoms with E-state index < -0.39 is 28.5 Å². The zero-order valence-corrected chi connectivity index (χ0v) is 21.9. The molecule has 12 heteroatoms. The van der Waals surface area contributed by atoms with Gasteiger partial charge in [0.05, 0.1) is 11.9 Å². The molecule has 1 atom stereocenters. The predicted molar refractivity (Wildman–Crippen MR) is 135 cm³/mol. The second kappa shape index (κ2) is 11.4. The van der Waals surface area contributed by atoms with E-state index in [0.717, 1.165) is 10.6 Å². The highest BCUT2D eigenvalue weighted by atomic mass is 35.5. The Morgan fingerprint density at radius 2 is 1.77 bits per heavy atom. The summed E-state index contributed by atoms with van der Waals surface area (Å²) in [5, 5.41) is 3.44. The molecule has 190 valence electrons. The Balaban J connectivity index is 1.94. The van der Waals surface area contributed by atoms with Crippen molar-refractivity contribution in [1.82, 2.24) is 10.2 Å². The highest BCUT2D eigenvalue weighted by Gasteiger charge is 2.31. The van der Waals surface area contributed by atoms with Gasteiger partial charge in [-0.05, 0) is 43.7 Å². The Kier molecular flexibility index (Phi) is 8.74. The molecular weight excluding hydrogens is 517 g/mol. The minimum Gasteiger partial charge on any atom is -0.486 e. The van der Waals surface area contributed by atoms with Crippen molar-refractivity contribution >= 4 is 50.7 Å². The maximum Gasteiger partial charge on any atom is 0.244 e. The van der Waals surface area contributed by atoms with Gasteiger partial charge in [0.25, 0.3) is 0 Å². The van der Waals surface area contributed by atoms with Gasteiger partial charge in [-0.3, -0.25) is 13.9 Å². The smallest absolute Gasteiger partial charge is 0.244 e. The number of benzene rings is 2. The van der Waals surface area contributed by atoms with Gasteiger partial charge in [-0.2, -0.15) is 0 Å². The number of ether oxygens (including phenoxy) is 2. The Hall–Kier alpha value is -2.69. The second-order valence-corrected chi connectivity index (χ2v) is 10.7. The molecule has 2 aromatic carbocycles. The average molecular weight is 544 g/mol. The number of rotatable bonds is 9. The normalized spacial score (nSPS) is 13.6. The summed E-state index contributed by atoms with van der Waals surface area (Å²) in [7, 11) is -3.87. The van der Waals surface area contributed by atoms with Crippen LogP contribution in [0.25, 0.3) is 0 Å². The van der Waals surface area contributed by atoms with E-state index in [2.05, 4.69) is 5.32 Å². The molecule has 2 aromatic rings. The van der Waals surface area contributed by atoms with E-state index in [0.29, 0.717) is 46.9 Å². The number of carbonyl (C=O) groups is 2. The molecule has 9 nitrogen and oxygen atoms in total. The molecule has 0 radical (unpaired) electrons. The third-order valence-electron chi connectivity index (χ3n) is 5.37. The van der Waals surface area contributed by atoms with Gasteiger partial charge in [0.1, 0.15) is 25.8 Å². The minimum atomic E-state index is -3.87.